The van der Waals surface area contributed by atoms with Crippen molar-refractivity contribution < 1.29 is 4.79 Å². The highest BCUT2D eigenvalue weighted by molar-refractivity contribution is 5.85. The lowest BCUT2D eigenvalue weighted by molar-refractivity contribution is -0.121. The topological polar surface area (TPSA) is 55.1 Å². The molecule has 106 valence electrons. The molecular weight excluding hydrogens is 260 g/mol. The van der Waals surface area contributed by atoms with E-state index in [9.17, 15) is 4.79 Å². The van der Waals surface area contributed by atoms with Crippen LogP contribution in [0.15, 0.2) is 18.2 Å². The van der Waals surface area contributed by atoms with E-state index in [4.69, 9.17) is 5.73 Å². The lowest BCUT2D eigenvalue weighted by Gasteiger charge is -2.20. The molecule has 0 saturated heterocycles. The van der Waals surface area contributed by atoms with Crippen molar-refractivity contribution in [2.45, 2.75) is 45.1 Å². The van der Waals surface area contributed by atoms with Gasteiger partial charge in [0, 0.05) is 13.0 Å². The van der Waals surface area contributed by atoms with Gasteiger partial charge in [0.2, 0.25) is 5.91 Å². The Bertz CT molecular complexity index is 434. The number of hydrogen-bond donors (Lipinski definition) is 2. The van der Waals surface area contributed by atoms with Gasteiger partial charge in [0.05, 0.1) is 6.04 Å². The van der Waals surface area contributed by atoms with E-state index in [-0.39, 0.29) is 24.4 Å². The highest BCUT2D eigenvalue weighted by Crippen LogP contribution is 2.24. The van der Waals surface area contributed by atoms with Crippen LogP contribution in [0.3, 0.4) is 0 Å². The third-order valence-electron chi connectivity index (χ3n) is 3.62. The van der Waals surface area contributed by atoms with E-state index in [1.165, 1.54) is 42.4 Å². The van der Waals surface area contributed by atoms with Gasteiger partial charge >= 0.3 is 0 Å². The van der Waals surface area contributed by atoms with E-state index in [1.807, 2.05) is 6.92 Å². The maximum atomic E-state index is 11.5. The summed E-state index contributed by atoms with van der Waals surface area (Å²) < 4.78 is 0. The number of carbonyl (C=O) groups is 1. The minimum atomic E-state index is 0. The van der Waals surface area contributed by atoms with Crippen LogP contribution in [0.4, 0.5) is 0 Å². The van der Waals surface area contributed by atoms with Gasteiger partial charge in [-0.1, -0.05) is 18.2 Å². The van der Waals surface area contributed by atoms with E-state index >= 15 is 0 Å². The van der Waals surface area contributed by atoms with Gasteiger partial charge in [-0.15, -0.1) is 12.4 Å². The number of amides is 1. The molecule has 1 amide bonds. The Morgan fingerprint density at radius 3 is 2.68 bits per heavy atom. The lowest BCUT2D eigenvalue weighted by atomic mass is 9.89. The Labute approximate surface area is 121 Å². The normalized spacial score (nSPS) is 15.1. The zero-order valence-corrected chi connectivity index (χ0v) is 12.3. The summed E-state index contributed by atoms with van der Waals surface area (Å²) in [5.74, 6) is 0.0303. The van der Waals surface area contributed by atoms with E-state index in [0.29, 0.717) is 13.0 Å². The van der Waals surface area contributed by atoms with Crippen molar-refractivity contribution in [3.05, 3.63) is 34.9 Å². The molecule has 0 aromatic heterocycles. The van der Waals surface area contributed by atoms with Gasteiger partial charge in [0.15, 0.2) is 0 Å². The third kappa shape index (κ3) is 4.22. The molecule has 1 aromatic carbocycles. The summed E-state index contributed by atoms with van der Waals surface area (Å²) in [6, 6.07) is 6.67. The highest BCUT2D eigenvalue weighted by atomic mass is 35.5. The molecule has 0 heterocycles. The van der Waals surface area contributed by atoms with Crippen LogP contribution in [0.1, 0.15) is 48.9 Å². The molecule has 3 N–H and O–H groups in total. The molecule has 4 heteroatoms. The van der Waals surface area contributed by atoms with Crippen LogP contribution in [-0.2, 0) is 17.6 Å². The summed E-state index contributed by atoms with van der Waals surface area (Å²) in [6.07, 6.45) is 5.35. The van der Waals surface area contributed by atoms with Crippen LogP contribution in [0, 0.1) is 0 Å². The molecule has 3 nitrogen and oxygen atoms in total. The van der Waals surface area contributed by atoms with Crippen LogP contribution >= 0.6 is 12.4 Å². The maximum absolute atomic E-state index is 11.5. The third-order valence-corrected chi connectivity index (χ3v) is 3.62. The summed E-state index contributed by atoms with van der Waals surface area (Å²) in [5.41, 5.74) is 9.50. The quantitative estimate of drug-likeness (QED) is 0.892. The standard InChI is InChI=1S/C15H22N2O.ClH/c1-11(17-15(18)8-9-16)13-7-6-12-4-2-3-5-14(12)10-13;/h6-7,10-11H,2-5,8-9,16H2,1H3,(H,17,18);1H. The number of carbonyl (C=O) groups excluding carboxylic acids is 1. The van der Waals surface area contributed by atoms with Crippen LogP contribution in [0.25, 0.3) is 0 Å². The number of halogens is 1. The van der Waals surface area contributed by atoms with Crippen molar-refractivity contribution in [3.8, 4) is 0 Å². The zero-order valence-electron chi connectivity index (χ0n) is 11.4. The summed E-state index contributed by atoms with van der Waals surface area (Å²) in [4.78, 5) is 11.5. The average molecular weight is 283 g/mol. The Morgan fingerprint density at radius 1 is 1.32 bits per heavy atom. The van der Waals surface area contributed by atoms with Gasteiger partial charge in [0.25, 0.3) is 0 Å². The maximum Gasteiger partial charge on any atom is 0.221 e. The number of nitrogens with two attached hydrogens (primary N) is 1. The van der Waals surface area contributed by atoms with Crippen molar-refractivity contribution >= 4 is 18.3 Å². The second kappa shape index (κ2) is 7.51. The minimum absolute atomic E-state index is 0. The fourth-order valence-electron chi connectivity index (χ4n) is 2.55. The van der Waals surface area contributed by atoms with Crippen molar-refractivity contribution in [1.82, 2.24) is 5.32 Å². The van der Waals surface area contributed by atoms with Crippen LogP contribution < -0.4 is 11.1 Å². The molecule has 0 spiro atoms. The summed E-state index contributed by atoms with van der Waals surface area (Å²) in [6.45, 7) is 2.43. The molecule has 0 saturated carbocycles. The first-order valence-corrected chi connectivity index (χ1v) is 6.82. The molecule has 0 fully saturated rings. The molecule has 0 aliphatic heterocycles. The number of rotatable bonds is 4. The van der Waals surface area contributed by atoms with Crippen LogP contribution in [0.2, 0.25) is 0 Å². The molecule has 1 atom stereocenters. The fourth-order valence-corrected chi connectivity index (χ4v) is 2.55. The van der Waals surface area contributed by atoms with Crippen molar-refractivity contribution in [3.63, 3.8) is 0 Å². The molecule has 19 heavy (non-hydrogen) atoms. The van der Waals surface area contributed by atoms with Crippen LogP contribution in [0.5, 0.6) is 0 Å². The zero-order chi connectivity index (χ0) is 13.0. The number of aryl methyl sites for hydroxylation is 2. The monoisotopic (exact) mass is 282 g/mol. The second-order valence-corrected chi connectivity index (χ2v) is 5.06. The molecule has 0 radical (unpaired) electrons. The predicted octanol–water partition coefficient (Wildman–Crippen LogP) is 2.51. The van der Waals surface area contributed by atoms with Gasteiger partial charge in [-0.2, -0.15) is 0 Å². The molecule has 1 aliphatic rings. The number of benzene rings is 1. The molecule has 2 rings (SSSR count). The van der Waals surface area contributed by atoms with Crippen molar-refractivity contribution in [2.24, 2.45) is 5.73 Å². The van der Waals surface area contributed by atoms with Gasteiger partial charge in [0.1, 0.15) is 0 Å². The highest BCUT2D eigenvalue weighted by Gasteiger charge is 2.13. The Balaban J connectivity index is 0.00000180. The molecule has 1 unspecified atom stereocenters. The molecular formula is C15H23ClN2O. The second-order valence-electron chi connectivity index (χ2n) is 5.06. The van der Waals surface area contributed by atoms with Gasteiger partial charge in [-0.25, -0.2) is 0 Å². The molecule has 1 aromatic rings. The smallest absolute Gasteiger partial charge is 0.221 e. The van der Waals surface area contributed by atoms with E-state index in [1.54, 1.807) is 0 Å². The summed E-state index contributed by atoms with van der Waals surface area (Å²) in [5, 5.41) is 2.98. The van der Waals surface area contributed by atoms with Crippen LogP contribution in [-0.4, -0.2) is 12.5 Å². The average Bonchev–Trinajstić information content (AvgIpc) is 2.38. The Hall–Kier alpha value is -1.06. The Morgan fingerprint density at radius 2 is 2.00 bits per heavy atom. The van der Waals surface area contributed by atoms with Gasteiger partial charge in [-0.05, 0) is 49.3 Å². The van der Waals surface area contributed by atoms with Crippen molar-refractivity contribution in [2.75, 3.05) is 6.54 Å². The first-order chi connectivity index (χ1) is 8.70. The lowest BCUT2D eigenvalue weighted by Crippen LogP contribution is -2.28. The van der Waals surface area contributed by atoms with E-state index in [0.717, 1.165) is 0 Å². The van der Waals surface area contributed by atoms with Gasteiger partial charge < -0.3 is 11.1 Å². The number of fused-ring (bicyclic) bond motifs is 1. The molecule has 0 bridgehead atoms. The largest absolute Gasteiger partial charge is 0.350 e. The SMILES string of the molecule is CC(NC(=O)CCN)c1ccc2c(c1)CCCC2.Cl. The number of nitrogens with one attached hydrogen (secondary N) is 1. The number of hydrogen-bond acceptors (Lipinski definition) is 2. The Kier molecular flexibility index (Phi) is 6.32. The van der Waals surface area contributed by atoms with E-state index in [2.05, 4.69) is 23.5 Å². The predicted molar refractivity (Wildman–Crippen MR) is 80.6 cm³/mol. The molecule has 1 aliphatic carbocycles. The van der Waals surface area contributed by atoms with Crippen molar-refractivity contribution in [1.29, 1.82) is 0 Å². The first kappa shape index (κ1) is 16.0. The van der Waals surface area contributed by atoms with Gasteiger partial charge in [-0.3, -0.25) is 4.79 Å². The fraction of sp³-hybridized carbons (Fsp3) is 0.533. The van der Waals surface area contributed by atoms with E-state index < -0.39 is 0 Å². The minimum Gasteiger partial charge on any atom is -0.350 e. The summed E-state index contributed by atoms with van der Waals surface area (Å²) in [7, 11) is 0. The first-order valence-electron chi connectivity index (χ1n) is 6.82. The summed E-state index contributed by atoms with van der Waals surface area (Å²) >= 11 is 0.